The summed E-state index contributed by atoms with van der Waals surface area (Å²) in [7, 11) is 1.53. The summed E-state index contributed by atoms with van der Waals surface area (Å²) >= 11 is 0. The number of piperazine rings is 1. The number of ether oxygens (including phenoxy) is 1. The molecule has 1 aliphatic carbocycles. The van der Waals surface area contributed by atoms with Gasteiger partial charge in [0.1, 0.15) is 17.0 Å². The molecule has 0 amide bonds. The molecule has 166 valence electrons. The van der Waals surface area contributed by atoms with E-state index in [0.29, 0.717) is 29.0 Å². The molecule has 1 aromatic carbocycles. The van der Waals surface area contributed by atoms with Gasteiger partial charge in [-0.3, -0.25) is 4.98 Å². The number of fused-ring (bicyclic) bond motifs is 4. The van der Waals surface area contributed by atoms with Gasteiger partial charge < -0.3 is 15.0 Å². The number of methoxy groups -OCH3 is 1. The van der Waals surface area contributed by atoms with Crippen LogP contribution in [-0.2, 0) is 11.8 Å². The van der Waals surface area contributed by atoms with E-state index in [4.69, 9.17) is 4.74 Å². The SMILES string of the molecule is COc1nc(N2CC3CCC(C2)N3)c2cnc(-c3cccc4c3C(C)(C)CC4)c(F)c2n1. The van der Waals surface area contributed by atoms with Gasteiger partial charge in [-0.25, -0.2) is 4.39 Å². The van der Waals surface area contributed by atoms with Crippen LogP contribution in [-0.4, -0.2) is 47.2 Å². The second-order valence-corrected chi connectivity index (χ2v) is 9.98. The Morgan fingerprint density at radius 1 is 1.16 bits per heavy atom. The fourth-order valence-corrected chi connectivity index (χ4v) is 5.89. The van der Waals surface area contributed by atoms with Crippen molar-refractivity contribution < 1.29 is 9.13 Å². The first-order chi connectivity index (χ1) is 15.4. The number of rotatable bonds is 3. The van der Waals surface area contributed by atoms with Crippen molar-refractivity contribution in [2.24, 2.45) is 0 Å². The lowest BCUT2D eigenvalue weighted by Gasteiger charge is -2.34. The summed E-state index contributed by atoms with van der Waals surface area (Å²) < 4.78 is 21.4. The Morgan fingerprint density at radius 2 is 1.94 bits per heavy atom. The van der Waals surface area contributed by atoms with Crippen molar-refractivity contribution in [3.8, 4) is 17.3 Å². The molecule has 2 unspecified atom stereocenters. The van der Waals surface area contributed by atoms with Crippen molar-refractivity contribution >= 4 is 16.7 Å². The zero-order valence-corrected chi connectivity index (χ0v) is 18.8. The molecular formula is C25H28FN5O. The summed E-state index contributed by atoms with van der Waals surface area (Å²) in [6, 6.07) is 7.20. The Balaban J connectivity index is 1.53. The van der Waals surface area contributed by atoms with E-state index in [1.165, 1.54) is 18.2 Å². The number of pyridine rings is 1. The normalized spacial score (nSPS) is 23.6. The van der Waals surface area contributed by atoms with E-state index in [-0.39, 0.29) is 16.9 Å². The zero-order valence-electron chi connectivity index (χ0n) is 18.8. The molecular weight excluding hydrogens is 405 g/mol. The van der Waals surface area contributed by atoms with Crippen LogP contribution >= 0.6 is 0 Å². The van der Waals surface area contributed by atoms with Crippen molar-refractivity contribution in [3.05, 3.63) is 41.3 Å². The van der Waals surface area contributed by atoms with Crippen molar-refractivity contribution in [3.63, 3.8) is 0 Å². The van der Waals surface area contributed by atoms with E-state index in [0.717, 1.165) is 44.3 Å². The maximum Gasteiger partial charge on any atom is 0.318 e. The number of nitrogens with zero attached hydrogens (tertiary/aromatic N) is 4. The lowest BCUT2D eigenvalue weighted by atomic mass is 9.82. The van der Waals surface area contributed by atoms with E-state index in [1.807, 2.05) is 12.1 Å². The Bertz CT molecular complexity index is 1210. The highest BCUT2D eigenvalue weighted by Gasteiger charge is 2.35. The molecule has 6 nitrogen and oxygen atoms in total. The molecule has 2 fully saturated rings. The van der Waals surface area contributed by atoms with Gasteiger partial charge in [-0.15, -0.1) is 0 Å². The van der Waals surface area contributed by atoms with Crippen molar-refractivity contribution in [1.29, 1.82) is 0 Å². The van der Waals surface area contributed by atoms with E-state index in [1.54, 1.807) is 6.20 Å². The van der Waals surface area contributed by atoms with Gasteiger partial charge in [0.05, 0.1) is 12.5 Å². The molecule has 2 atom stereocenters. The average Bonchev–Trinajstić information content (AvgIpc) is 3.30. The third-order valence-corrected chi connectivity index (χ3v) is 7.44. The Kier molecular flexibility index (Phi) is 4.41. The molecule has 6 rings (SSSR count). The largest absolute Gasteiger partial charge is 0.467 e. The third-order valence-electron chi connectivity index (χ3n) is 7.44. The minimum absolute atomic E-state index is 0.0103. The number of aromatic nitrogens is 3. The molecule has 0 spiro atoms. The number of aryl methyl sites for hydroxylation is 1. The number of hydrogen-bond donors (Lipinski definition) is 1. The predicted molar refractivity (Wildman–Crippen MR) is 123 cm³/mol. The second kappa shape index (κ2) is 7.10. The number of halogens is 1. The van der Waals surface area contributed by atoms with Crippen LogP contribution in [0.2, 0.25) is 0 Å². The molecule has 2 saturated heterocycles. The maximum absolute atomic E-state index is 16.1. The highest BCUT2D eigenvalue weighted by Crippen LogP contribution is 2.44. The molecule has 2 aliphatic heterocycles. The van der Waals surface area contributed by atoms with Gasteiger partial charge in [0, 0.05) is 36.9 Å². The van der Waals surface area contributed by atoms with Crippen LogP contribution in [0.3, 0.4) is 0 Å². The molecule has 32 heavy (non-hydrogen) atoms. The van der Waals surface area contributed by atoms with Gasteiger partial charge in [0.15, 0.2) is 5.82 Å². The first-order valence-electron chi connectivity index (χ1n) is 11.5. The molecule has 4 heterocycles. The van der Waals surface area contributed by atoms with Crippen LogP contribution in [0, 0.1) is 5.82 Å². The lowest BCUT2D eigenvalue weighted by molar-refractivity contribution is 0.380. The minimum Gasteiger partial charge on any atom is -0.467 e. The van der Waals surface area contributed by atoms with E-state index in [2.05, 4.69) is 45.1 Å². The molecule has 3 aromatic rings. The molecule has 1 N–H and O–H groups in total. The van der Waals surface area contributed by atoms with E-state index in [9.17, 15) is 0 Å². The Hall–Kier alpha value is -2.80. The fourth-order valence-electron chi connectivity index (χ4n) is 5.89. The van der Waals surface area contributed by atoms with Gasteiger partial charge in [0.25, 0.3) is 0 Å². The second-order valence-electron chi connectivity index (χ2n) is 9.98. The number of hydrogen-bond acceptors (Lipinski definition) is 6. The molecule has 3 aliphatic rings. The summed E-state index contributed by atoms with van der Waals surface area (Å²) in [6.07, 6.45) is 6.13. The van der Waals surface area contributed by atoms with Crippen LogP contribution in [0.5, 0.6) is 6.01 Å². The molecule has 7 heteroatoms. The quantitative estimate of drug-likeness (QED) is 0.674. The first kappa shape index (κ1) is 19.9. The summed E-state index contributed by atoms with van der Waals surface area (Å²) in [6.45, 7) is 6.14. The van der Waals surface area contributed by atoms with Gasteiger partial charge in [-0.2, -0.15) is 9.97 Å². The first-order valence-corrected chi connectivity index (χ1v) is 11.5. The van der Waals surface area contributed by atoms with Crippen molar-refractivity contribution in [1.82, 2.24) is 20.3 Å². The van der Waals surface area contributed by atoms with Gasteiger partial charge in [-0.05, 0) is 42.2 Å². The number of nitrogens with one attached hydrogen (secondary N) is 1. The summed E-state index contributed by atoms with van der Waals surface area (Å²) in [5, 5.41) is 4.27. The Labute approximate surface area is 187 Å². The highest BCUT2D eigenvalue weighted by atomic mass is 19.1. The van der Waals surface area contributed by atoms with Gasteiger partial charge in [-0.1, -0.05) is 32.0 Å². The van der Waals surface area contributed by atoms with Crippen LogP contribution < -0.4 is 15.0 Å². The van der Waals surface area contributed by atoms with Crippen LogP contribution in [0.25, 0.3) is 22.2 Å². The van der Waals surface area contributed by atoms with Crippen molar-refractivity contribution in [2.45, 2.75) is 57.0 Å². The molecule has 2 bridgehead atoms. The molecule has 0 radical (unpaired) electrons. The third kappa shape index (κ3) is 2.98. The van der Waals surface area contributed by atoms with Gasteiger partial charge >= 0.3 is 6.01 Å². The van der Waals surface area contributed by atoms with Crippen molar-refractivity contribution in [2.75, 3.05) is 25.1 Å². The summed E-state index contributed by atoms with van der Waals surface area (Å²) in [5.41, 5.74) is 3.97. The predicted octanol–water partition coefficient (Wildman–Crippen LogP) is 4.00. The highest BCUT2D eigenvalue weighted by molar-refractivity contribution is 5.92. The lowest BCUT2D eigenvalue weighted by Crippen LogP contribution is -2.51. The summed E-state index contributed by atoms with van der Waals surface area (Å²) in [4.78, 5) is 15.9. The zero-order chi connectivity index (χ0) is 22.0. The van der Waals surface area contributed by atoms with E-state index < -0.39 is 5.82 Å². The smallest absolute Gasteiger partial charge is 0.318 e. The number of anilines is 1. The minimum atomic E-state index is -0.404. The van der Waals surface area contributed by atoms with E-state index >= 15 is 4.39 Å². The maximum atomic E-state index is 16.1. The Morgan fingerprint density at radius 3 is 2.69 bits per heavy atom. The average molecular weight is 434 g/mol. The molecule has 0 saturated carbocycles. The standard InChI is InChI=1S/C25H28FN5O/c1-25(2)10-9-14-5-4-6-17(19(14)25)21-20(26)22-18(11-27-21)23(30-24(29-22)32-3)31-12-15-7-8-16(13-31)28-15/h4-6,11,15-16,28H,7-10,12-13H2,1-3H3. The van der Waals surface area contributed by atoms with Crippen LogP contribution in [0.4, 0.5) is 10.2 Å². The summed E-state index contributed by atoms with van der Waals surface area (Å²) in [5.74, 6) is 0.306. The topological polar surface area (TPSA) is 63.2 Å². The monoisotopic (exact) mass is 433 g/mol. The van der Waals surface area contributed by atoms with Crippen LogP contribution in [0.15, 0.2) is 24.4 Å². The van der Waals surface area contributed by atoms with Crippen LogP contribution in [0.1, 0.15) is 44.2 Å². The fraction of sp³-hybridized carbons (Fsp3) is 0.480. The molecule has 2 aromatic heterocycles. The van der Waals surface area contributed by atoms with Gasteiger partial charge in [0.2, 0.25) is 0 Å². The number of benzene rings is 1.